The largest absolute Gasteiger partial charge is 0.388 e. The number of nitrogens with one attached hydrogen (secondary N) is 2. The van der Waals surface area contributed by atoms with E-state index in [1.54, 1.807) is 0 Å². The normalized spacial score (nSPS) is 23.6. The van der Waals surface area contributed by atoms with E-state index in [1.165, 1.54) is 6.42 Å². The highest BCUT2D eigenvalue weighted by Crippen LogP contribution is 2.28. The van der Waals surface area contributed by atoms with Gasteiger partial charge in [-0.15, -0.1) is 0 Å². The summed E-state index contributed by atoms with van der Waals surface area (Å²) in [5, 5.41) is 21.9. The Labute approximate surface area is 144 Å². The van der Waals surface area contributed by atoms with Crippen molar-refractivity contribution in [1.82, 2.24) is 25.4 Å². The van der Waals surface area contributed by atoms with Crippen molar-refractivity contribution in [2.75, 3.05) is 13.1 Å². The number of aliphatic hydroxyl groups is 1. The zero-order valence-electron chi connectivity index (χ0n) is 14.9. The van der Waals surface area contributed by atoms with Crippen LogP contribution in [0.15, 0.2) is 4.99 Å². The Balaban J connectivity index is 1.60. The molecule has 2 aliphatic rings. The Morgan fingerprint density at radius 1 is 1.38 bits per heavy atom. The lowest BCUT2D eigenvalue weighted by Crippen LogP contribution is -2.48. The van der Waals surface area contributed by atoms with E-state index in [9.17, 15) is 5.11 Å². The molecule has 24 heavy (non-hydrogen) atoms. The molecule has 0 spiro atoms. The summed E-state index contributed by atoms with van der Waals surface area (Å²) >= 11 is 0. The fourth-order valence-corrected chi connectivity index (χ4v) is 3.66. The van der Waals surface area contributed by atoms with Gasteiger partial charge in [-0.1, -0.05) is 19.3 Å². The average molecular weight is 334 g/mol. The molecule has 3 rings (SSSR count). The summed E-state index contributed by atoms with van der Waals surface area (Å²) in [7, 11) is 0. The Hall–Kier alpha value is -1.63. The topological polar surface area (TPSA) is 87.4 Å². The van der Waals surface area contributed by atoms with Crippen LogP contribution in [0.2, 0.25) is 0 Å². The minimum absolute atomic E-state index is 0.289. The van der Waals surface area contributed by atoms with Gasteiger partial charge in [0.05, 0.1) is 18.7 Å². The highest BCUT2D eigenvalue weighted by Gasteiger charge is 2.29. The average Bonchev–Trinajstić information content (AvgIpc) is 2.93. The second kappa shape index (κ2) is 7.51. The fourth-order valence-electron chi connectivity index (χ4n) is 3.66. The Bertz CT molecular complexity index is 576. The van der Waals surface area contributed by atoms with Crippen molar-refractivity contribution in [2.45, 2.75) is 77.0 Å². The first-order chi connectivity index (χ1) is 11.6. The number of hydrogen-bond donors (Lipinski definition) is 3. The van der Waals surface area contributed by atoms with E-state index in [2.05, 4.69) is 32.6 Å². The summed E-state index contributed by atoms with van der Waals surface area (Å²) in [6, 6.07) is 0.289. The molecule has 1 atom stereocenters. The first-order valence-electron chi connectivity index (χ1n) is 9.25. The summed E-state index contributed by atoms with van der Waals surface area (Å²) in [4.78, 5) is 9.12. The Morgan fingerprint density at radius 3 is 2.92 bits per heavy atom. The maximum absolute atomic E-state index is 10.6. The van der Waals surface area contributed by atoms with Crippen molar-refractivity contribution in [3.8, 4) is 0 Å². The summed E-state index contributed by atoms with van der Waals surface area (Å²) < 4.78 is 1.99. The molecule has 7 nitrogen and oxygen atoms in total. The molecule has 0 amide bonds. The molecule has 0 aromatic carbocycles. The van der Waals surface area contributed by atoms with E-state index in [4.69, 9.17) is 0 Å². The zero-order chi connectivity index (χ0) is 17.0. The number of aromatic nitrogens is 3. The first kappa shape index (κ1) is 17.2. The highest BCUT2D eigenvalue weighted by molar-refractivity contribution is 5.80. The molecule has 1 saturated carbocycles. The Kier molecular flexibility index (Phi) is 5.38. The van der Waals surface area contributed by atoms with Crippen LogP contribution >= 0.6 is 0 Å². The second-order valence-electron chi connectivity index (χ2n) is 7.12. The van der Waals surface area contributed by atoms with E-state index in [1.807, 2.05) is 11.6 Å². The van der Waals surface area contributed by atoms with Crippen LogP contribution in [0.3, 0.4) is 0 Å². The first-order valence-corrected chi connectivity index (χ1v) is 9.25. The predicted octanol–water partition coefficient (Wildman–Crippen LogP) is 1.15. The number of aryl methyl sites for hydroxylation is 2. The van der Waals surface area contributed by atoms with Gasteiger partial charge >= 0.3 is 0 Å². The van der Waals surface area contributed by atoms with Gasteiger partial charge in [0.15, 0.2) is 5.96 Å². The predicted molar refractivity (Wildman–Crippen MR) is 94.0 cm³/mol. The van der Waals surface area contributed by atoms with Gasteiger partial charge < -0.3 is 15.7 Å². The molecule has 7 heteroatoms. The van der Waals surface area contributed by atoms with Crippen LogP contribution in [0.25, 0.3) is 0 Å². The van der Waals surface area contributed by atoms with Crippen LogP contribution in [0.5, 0.6) is 0 Å². The maximum Gasteiger partial charge on any atom is 0.191 e. The molecule has 2 heterocycles. The van der Waals surface area contributed by atoms with Crippen molar-refractivity contribution < 1.29 is 5.11 Å². The van der Waals surface area contributed by atoms with Crippen LogP contribution in [0, 0.1) is 6.92 Å². The van der Waals surface area contributed by atoms with Gasteiger partial charge in [-0.3, -0.25) is 4.99 Å². The third kappa shape index (κ3) is 4.26. The summed E-state index contributed by atoms with van der Waals surface area (Å²) in [5.74, 6) is 2.71. The minimum atomic E-state index is -0.622. The molecule has 1 aromatic rings. The molecule has 0 bridgehead atoms. The van der Waals surface area contributed by atoms with Gasteiger partial charge in [-0.25, -0.2) is 9.67 Å². The van der Waals surface area contributed by atoms with Crippen molar-refractivity contribution in [2.24, 2.45) is 4.99 Å². The number of hydrogen-bond acceptors (Lipinski definition) is 4. The van der Waals surface area contributed by atoms with Gasteiger partial charge in [-0.05, 0) is 33.1 Å². The third-order valence-corrected chi connectivity index (χ3v) is 4.96. The number of fused-ring (bicyclic) bond motifs is 1. The van der Waals surface area contributed by atoms with E-state index >= 15 is 0 Å². The molecule has 134 valence electrons. The number of guanidine groups is 1. The monoisotopic (exact) mass is 334 g/mol. The molecule has 0 saturated heterocycles. The molecular weight excluding hydrogens is 304 g/mol. The lowest BCUT2D eigenvalue weighted by atomic mass is 9.85. The standard InChI is InChI=1S/C17H30N6O/c1-3-18-16(19-12-17(24)9-5-4-6-10-17)21-14-7-8-15-20-13(2)22-23(15)11-14/h14,24H,3-12H2,1-2H3,(H2,18,19,21). The molecule has 1 fully saturated rings. The lowest BCUT2D eigenvalue weighted by Gasteiger charge is -2.31. The lowest BCUT2D eigenvalue weighted by molar-refractivity contribution is 0.0131. The van der Waals surface area contributed by atoms with Gasteiger partial charge in [-0.2, -0.15) is 5.10 Å². The van der Waals surface area contributed by atoms with Crippen LogP contribution < -0.4 is 10.6 Å². The molecule has 1 aliphatic carbocycles. The molecule has 1 aromatic heterocycles. The Morgan fingerprint density at radius 2 is 2.17 bits per heavy atom. The zero-order valence-corrected chi connectivity index (χ0v) is 14.9. The van der Waals surface area contributed by atoms with Crippen molar-refractivity contribution in [1.29, 1.82) is 0 Å². The van der Waals surface area contributed by atoms with Gasteiger partial charge in [0.1, 0.15) is 11.6 Å². The van der Waals surface area contributed by atoms with Gasteiger partial charge in [0, 0.05) is 19.0 Å². The van der Waals surface area contributed by atoms with Crippen molar-refractivity contribution in [3.63, 3.8) is 0 Å². The summed E-state index contributed by atoms with van der Waals surface area (Å²) in [5.41, 5.74) is -0.622. The van der Waals surface area contributed by atoms with E-state index in [-0.39, 0.29) is 6.04 Å². The van der Waals surface area contributed by atoms with Crippen LogP contribution in [-0.2, 0) is 13.0 Å². The molecule has 0 radical (unpaired) electrons. The van der Waals surface area contributed by atoms with Gasteiger partial charge in [0.2, 0.25) is 0 Å². The maximum atomic E-state index is 10.6. The van der Waals surface area contributed by atoms with Crippen molar-refractivity contribution >= 4 is 5.96 Å². The molecular formula is C17H30N6O. The number of nitrogens with zero attached hydrogens (tertiary/aromatic N) is 4. The number of aliphatic imine (C=N–C) groups is 1. The SMILES string of the molecule is CCNC(=NCC1(O)CCCCC1)NC1CCc2nc(C)nn2C1. The highest BCUT2D eigenvalue weighted by atomic mass is 16.3. The van der Waals surface area contributed by atoms with Crippen molar-refractivity contribution in [3.05, 3.63) is 11.6 Å². The minimum Gasteiger partial charge on any atom is -0.388 e. The van der Waals surface area contributed by atoms with E-state index in [0.29, 0.717) is 6.54 Å². The smallest absolute Gasteiger partial charge is 0.191 e. The third-order valence-electron chi connectivity index (χ3n) is 4.96. The van der Waals surface area contributed by atoms with E-state index in [0.717, 1.165) is 69.2 Å². The summed E-state index contributed by atoms with van der Waals surface area (Å²) in [6.45, 7) is 6.09. The molecule has 3 N–H and O–H groups in total. The number of rotatable bonds is 4. The van der Waals surface area contributed by atoms with Crippen LogP contribution in [0.1, 0.15) is 57.1 Å². The second-order valence-corrected chi connectivity index (χ2v) is 7.12. The van der Waals surface area contributed by atoms with Crippen LogP contribution in [-0.4, -0.2) is 50.6 Å². The quantitative estimate of drug-likeness (QED) is 0.568. The fraction of sp³-hybridized carbons (Fsp3) is 0.824. The van der Waals surface area contributed by atoms with Gasteiger partial charge in [0.25, 0.3) is 0 Å². The van der Waals surface area contributed by atoms with E-state index < -0.39 is 5.60 Å². The summed E-state index contributed by atoms with van der Waals surface area (Å²) in [6.07, 6.45) is 7.11. The molecule has 1 aliphatic heterocycles. The molecule has 1 unspecified atom stereocenters. The van der Waals surface area contributed by atoms with Crippen LogP contribution in [0.4, 0.5) is 0 Å².